The molecule has 1 heterocycles. The molecular weight excluding hydrogens is 274 g/mol. The van der Waals surface area contributed by atoms with Gasteiger partial charge < -0.3 is 0 Å². The smallest absolute Gasteiger partial charge is 0.178 e. The average Bonchev–Trinajstić information content (AvgIpc) is 2.68. The fourth-order valence-electron chi connectivity index (χ4n) is 1.16. The van der Waals surface area contributed by atoms with Crippen LogP contribution in [0.4, 0.5) is 0 Å². The molecule has 0 fully saturated rings. The molecule has 0 amide bonds. The number of aromatic nitrogens is 1. The van der Waals surface area contributed by atoms with E-state index < -0.39 is 0 Å². The molecule has 0 bridgehead atoms. The highest BCUT2D eigenvalue weighted by atomic mass is 79.9. The topological polar surface area (TPSA) is 30.0 Å². The van der Waals surface area contributed by atoms with Gasteiger partial charge in [0.15, 0.2) is 5.78 Å². The highest BCUT2D eigenvalue weighted by Gasteiger charge is 2.07. The number of halogens is 1. The van der Waals surface area contributed by atoms with Crippen molar-refractivity contribution in [3.8, 4) is 10.6 Å². The van der Waals surface area contributed by atoms with Crippen LogP contribution in [0.15, 0.2) is 34.1 Å². The largest absolute Gasteiger partial charge is 0.293 e. The van der Waals surface area contributed by atoms with Crippen LogP contribution >= 0.6 is 27.3 Å². The van der Waals surface area contributed by atoms with Gasteiger partial charge in [-0.1, -0.05) is 28.1 Å². The molecule has 0 radical (unpaired) electrons. The Morgan fingerprint density at radius 2 is 2.00 bits per heavy atom. The van der Waals surface area contributed by atoms with Crippen LogP contribution in [0.2, 0.25) is 0 Å². The number of nitrogens with zero attached hydrogens (tertiary/aromatic N) is 1. The van der Waals surface area contributed by atoms with Gasteiger partial charge in [0, 0.05) is 22.3 Å². The fourth-order valence-corrected chi connectivity index (χ4v) is 2.29. The van der Waals surface area contributed by atoms with Crippen molar-refractivity contribution in [3.63, 3.8) is 0 Å². The van der Waals surface area contributed by atoms with Gasteiger partial charge in [0.05, 0.1) is 0 Å². The maximum atomic E-state index is 11.1. The van der Waals surface area contributed by atoms with Crippen LogP contribution in [0.1, 0.15) is 17.4 Å². The summed E-state index contributed by atoms with van der Waals surface area (Å²) in [5.41, 5.74) is 1.58. The van der Waals surface area contributed by atoms with E-state index in [1.54, 1.807) is 5.38 Å². The molecule has 2 rings (SSSR count). The Morgan fingerprint density at radius 1 is 1.33 bits per heavy atom. The minimum atomic E-state index is 0.00890. The molecule has 2 nitrogen and oxygen atoms in total. The molecular formula is C11H8BrNOS. The van der Waals surface area contributed by atoms with Crippen molar-refractivity contribution in [2.24, 2.45) is 0 Å². The Hall–Kier alpha value is -1.00. The quantitative estimate of drug-likeness (QED) is 0.785. The third-order valence-electron chi connectivity index (χ3n) is 1.96. The van der Waals surface area contributed by atoms with Gasteiger partial charge in [0.25, 0.3) is 0 Å². The van der Waals surface area contributed by atoms with Gasteiger partial charge in [-0.05, 0) is 12.1 Å². The normalized spacial score (nSPS) is 10.3. The molecule has 2 aromatic rings. The predicted molar refractivity (Wildman–Crippen MR) is 65.3 cm³/mol. The second-order valence-corrected chi connectivity index (χ2v) is 4.87. The van der Waals surface area contributed by atoms with E-state index in [-0.39, 0.29) is 5.78 Å². The molecule has 1 aromatic carbocycles. The van der Waals surface area contributed by atoms with Gasteiger partial charge in [0.2, 0.25) is 0 Å². The maximum absolute atomic E-state index is 11.1. The molecule has 0 unspecified atom stereocenters. The minimum Gasteiger partial charge on any atom is -0.293 e. The molecule has 0 saturated carbocycles. The molecule has 0 aliphatic carbocycles. The number of ketones is 1. The van der Waals surface area contributed by atoms with Crippen molar-refractivity contribution >= 4 is 33.0 Å². The molecule has 1 aromatic heterocycles. The Morgan fingerprint density at radius 3 is 2.53 bits per heavy atom. The number of Topliss-reactive ketones (excluding diaryl/α,β-unsaturated/α-hetero) is 1. The number of benzene rings is 1. The van der Waals surface area contributed by atoms with Crippen molar-refractivity contribution < 1.29 is 4.79 Å². The molecule has 0 atom stereocenters. The number of carbonyl (C=O) groups is 1. The lowest BCUT2D eigenvalue weighted by molar-refractivity contribution is 0.101. The van der Waals surface area contributed by atoms with E-state index >= 15 is 0 Å². The molecule has 0 aliphatic rings. The predicted octanol–water partition coefficient (Wildman–Crippen LogP) is 3.78. The Kier molecular flexibility index (Phi) is 2.98. The number of hydrogen-bond acceptors (Lipinski definition) is 3. The zero-order valence-electron chi connectivity index (χ0n) is 8.03. The first-order valence-electron chi connectivity index (χ1n) is 4.39. The number of hydrogen-bond donors (Lipinski definition) is 0. The van der Waals surface area contributed by atoms with Crippen molar-refractivity contribution in [3.05, 3.63) is 39.8 Å². The van der Waals surface area contributed by atoms with Gasteiger partial charge in [0.1, 0.15) is 10.7 Å². The molecule has 15 heavy (non-hydrogen) atoms. The maximum Gasteiger partial charge on any atom is 0.178 e. The lowest BCUT2D eigenvalue weighted by Crippen LogP contribution is -1.91. The van der Waals surface area contributed by atoms with Gasteiger partial charge in [-0.2, -0.15) is 0 Å². The monoisotopic (exact) mass is 281 g/mol. The van der Waals surface area contributed by atoms with E-state index in [2.05, 4.69) is 20.9 Å². The lowest BCUT2D eigenvalue weighted by atomic mass is 10.2. The van der Waals surface area contributed by atoms with Crippen LogP contribution < -0.4 is 0 Å². The summed E-state index contributed by atoms with van der Waals surface area (Å²) in [6, 6.07) is 7.88. The summed E-state index contributed by atoms with van der Waals surface area (Å²) in [6.45, 7) is 1.53. The summed E-state index contributed by atoms with van der Waals surface area (Å²) in [5, 5.41) is 2.67. The average molecular weight is 282 g/mol. The van der Waals surface area contributed by atoms with E-state index in [1.165, 1.54) is 18.3 Å². The first-order valence-corrected chi connectivity index (χ1v) is 6.06. The van der Waals surface area contributed by atoms with Crippen LogP contribution in [0.5, 0.6) is 0 Å². The molecule has 0 saturated heterocycles. The molecule has 76 valence electrons. The minimum absolute atomic E-state index is 0.00890. The van der Waals surface area contributed by atoms with Crippen LogP contribution in [-0.2, 0) is 0 Å². The highest BCUT2D eigenvalue weighted by molar-refractivity contribution is 9.10. The number of thiazole rings is 1. The fraction of sp³-hybridized carbons (Fsp3) is 0.0909. The summed E-state index contributed by atoms with van der Waals surface area (Å²) >= 11 is 4.86. The van der Waals surface area contributed by atoms with Crippen LogP contribution in [0.3, 0.4) is 0 Å². The number of carbonyl (C=O) groups excluding carboxylic acids is 1. The third-order valence-corrected chi connectivity index (χ3v) is 3.38. The van der Waals surface area contributed by atoms with Crippen molar-refractivity contribution in [1.82, 2.24) is 4.98 Å². The van der Waals surface area contributed by atoms with Crippen LogP contribution in [-0.4, -0.2) is 10.8 Å². The summed E-state index contributed by atoms with van der Waals surface area (Å²) in [7, 11) is 0. The second kappa shape index (κ2) is 4.24. The number of rotatable bonds is 2. The zero-order chi connectivity index (χ0) is 10.8. The summed E-state index contributed by atoms with van der Waals surface area (Å²) in [4.78, 5) is 15.3. The van der Waals surface area contributed by atoms with Crippen LogP contribution in [0, 0.1) is 0 Å². The SMILES string of the molecule is CC(=O)c1csc(-c2ccc(Br)cc2)n1. The third kappa shape index (κ3) is 2.33. The van der Waals surface area contributed by atoms with E-state index in [9.17, 15) is 4.79 Å². The van der Waals surface area contributed by atoms with Crippen molar-refractivity contribution in [2.75, 3.05) is 0 Å². The Balaban J connectivity index is 2.37. The summed E-state index contributed by atoms with van der Waals surface area (Å²) in [6.07, 6.45) is 0. The van der Waals surface area contributed by atoms with E-state index in [0.717, 1.165) is 15.0 Å². The standard InChI is InChI=1S/C11H8BrNOS/c1-7(14)10-6-15-11(13-10)8-2-4-9(12)5-3-8/h2-6H,1H3. The van der Waals surface area contributed by atoms with Gasteiger partial charge >= 0.3 is 0 Å². The first-order chi connectivity index (χ1) is 7.16. The lowest BCUT2D eigenvalue weighted by Gasteiger charge is -1.95. The molecule has 0 N–H and O–H groups in total. The summed E-state index contributed by atoms with van der Waals surface area (Å²) in [5.74, 6) is 0.00890. The molecule has 4 heteroatoms. The first kappa shape index (κ1) is 10.5. The van der Waals surface area contributed by atoms with Gasteiger partial charge in [-0.3, -0.25) is 4.79 Å². The second-order valence-electron chi connectivity index (χ2n) is 3.10. The highest BCUT2D eigenvalue weighted by Crippen LogP contribution is 2.25. The molecule has 0 spiro atoms. The van der Waals surface area contributed by atoms with Gasteiger partial charge in [-0.15, -0.1) is 11.3 Å². The van der Waals surface area contributed by atoms with E-state index in [4.69, 9.17) is 0 Å². The van der Waals surface area contributed by atoms with Crippen LogP contribution in [0.25, 0.3) is 10.6 Å². The van der Waals surface area contributed by atoms with E-state index in [0.29, 0.717) is 5.69 Å². The molecule has 0 aliphatic heterocycles. The summed E-state index contributed by atoms with van der Waals surface area (Å²) < 4.78 is 1.04. The van der Waals surface area contributed by atoms with E-state index in [1.807, 2.05) is 24.3 Å². The van der Waals surface area contributed by atoms with Gasteiger partial charge in [-0.25, -0.2) is 4.98 Å². The Bertz CT molecular complexity index is 490. The Labute approximate surface area is 100 Å². The van der Waals surface area contributed by atoms with Crippen molar-refractivity contribution in [1.29, 1.82) is 0 Å². The van der Waals surface area contributed by atoms with Crippen molar-refractivity contribution in [2.45, 2.75) is 6.92 Å². The zero-order valence-corrected chi connectivity index (χ0v) is 10.4.